The highest BCUT2D eigenvalue weighted by Crippen LogP contribution is 2.34. The molecule has 0 aliphatic heterocycles. The van der Waals surface area contributed by atoms with Gasteiger partial charge < -0.3 is 20.5 Å². The number of amides is 1. The molecule has 110 valence electrons. The van der Waals surface area contributed by atoms with Gasteiger partial charge in [-0.15, -0.1) is 0 Å². The molecule has 0 aromatic heterocycles. The summed E-state index contributed by atoms with van der Waals surface area (Å²) < 4.78 is 10.0. The maximum absolute atomic E-state index is 12.0. The second-order valence-electron chi connectivity index (χ2n) is 3.88. The van der Waals surface area contributed by atoms with Crippen LogP contribution < -0.4 is 20.5 Å². The largest absolute Gasteiger partial charge is 0.493 e. The molecular formula is C12H17N3O5. The van der Waals surface area contributed by atoms with Crippen molar-refractivity contribution in [3.8, 4) is 11.5 Å². The summed E-state index contributed by atoms with van der Waals surface area (Å²) >= 11 is 0. The molecule has 1 aromatic carbocycles. The fraction of sp³-hybridized carbons (Fsp3) is 0.417. The first kappa shape index (κ1) is 15.7. The molecule has 0 saturated heterocycles. The SMILES string of the molecule is COc1cc(C(=O)NCCCN)c([N+](=O)[O-])cc1OC. The Labute approximate surface area is 116 Å². The standard InChI is InChI=1S/C12H17N3O5/c1-19-10-6-8(12(16)14-5-3-4-13)9(15(17)18)7-11(10)20-2/h6-7H,3-5,13H2,1-2H3,(H,14,16). The smallest absolute Gasteiger partial charge is 0.286 e. The quantitative estimate of drug-likeness (QED) is 0.432. The van der Waals surface area contributed by atoms with Crippen LogP contribution in [0.3, 0.4) is 0 Å². The highest BCUT2D eigenvalue weighted by atomic mass is 16.6. The molecule has 0 saturated carbocycles. The second kappa shape index (κ2) is 7.29. The molecule has 8 nitrogen and oxygen atoms in total. The zero-order valence-electron chi connectivity index (χ0n) is 11.3. The summed E-state index contributed by atoms with van der Waals surface area (Å²) in [4.78, 5) is 22.4. The van der Waals surface area contributed by atoms with Crippen molar-refractivity contribution in [2.75, 3.05) is 27.3 Å². The van der Waals surface area contributed by atoms with E-state index in [4.69, 9.17) is 15.2 Å². The van der Waals surface area contributed by atoms with E-state index < -0.39 is 10.8 Å². The average Bonchev–Trinajstić information content (AvgIpc) is 2.45. The number of carbonyl (C=O) groups is 1. The van der Waals surface area contributed by atoms with Gasteiger partial charge in [-0.2, -0.15) is 0 Å². The minimum atomic E-state index is -0.639. The molecule has 0 bridgehead atoms. The number of hydrogen-bond acceptors (Lipinski definition) is 6. The van der Waals surface area contributed by atoms with E-state index in [2.05, 4.69) is 5.32 Å². The first-order valence-corrected chi connectivity index (χ1v) is 5.93. The molecular weight excluding hydrogens is 266 g/mol. The summed E-state index contributed by atoms with van der Waals surface area (Å²) in [6, 6.07) is 2.45. The molecule has 1 rings (SSSR count). The number of ether oxygens (including phenoxy) is 2. The molecule has 0 aliphatic carbocycles. The number of nitrogens with two attached hydrogens (primary N) is 1. The van der Waals surface area contributed by atoms with Crippen molar-refractivity contribution >= 4 is 11.6 Å². The molecule has 1 amide bonds. The lowest BCUT2D eigenvalue weighted by Crippen LogP contribution is -2.26. The first-order chi connectivity index (χ1) is 9.54. The second-order valence-corrected chi connectivity index (χ2v) is 3.88. The number of benzene rings is 1. The van der Waals surface area contributed by atoms with E-state index >= 15 is 0 Å². The highest BCUT2D eigenvalue weighted by Gasteiger charge is 2.24. The summed E-state index contributed by atoms with van der Waals surface area (Å²) in [5.74, 6) is -0.106. The molecule has 3 N–H and O–H groups in total. The van der Waals surface area contributed by atoms with Gasteiger partial charge in [0.2, 0.25) is 0 Å². The van der Waals surface area contributed by atoms with Crippen LogP contribution in [0.1, 0.15) is 16.8 Å². The van der Waals surface area contributed by atoms with Crippen LogP contribution in [-0.4, -0.2) is 38.1 Å². The van der Waals surface area contributed by atoms with E-state index in [0.29, 0.717) is 19.5 Å². The number of methoxy groups -OCH3 is 2. The van der Waals surface area contributed by atoms with Crippen LogP contribution in [0.4, 0.5) is 5.69 Å². The summed E-state index contributed by atoms with van der Waals surface area (Å²) in [5, 5.41) is 13.6. The first-order valence-electron chi connectivity index (χ1n) is 5.93. The third-order valence-corrected chi connectivity index (χ3v) is 2.61. The lowest BCUT2D eigenvalue weighted by molar-refractivity contribution is -0.385. The average molecular weight is 283 g/mol. The van der Waals surface area contributed by atoms with Gasteiger partial charge >= 0.3 is 0 Å². The fourth-order valence-corrected chi connectivity index (χ4v) is 1.60. The van der Waals surface area contributed by atoms with Crippen LogP contribution in [0.5, 0.6) is 11.5 Å². The molecule has 0 radical (unpaired) electrons. The summed E-state index contributed by atoms with van der Waals surface area (Å²) in [5.41, 5.74) is 4.90. The van der Waals surface area contributed by atoms with Crippen LogP contribution >= 0.6 is 0 Å². The minimum absolute atomic E-state index is 0.0790. The summed E-state index contributed by atoms with van der Waals surface area (Å²) in [6.45, 7) is 0.773. The van der Waals surface area contributed by atoms with Gasteiger partial charge in [0, 0.05) is 12.6 Å². The van der Waals surface area contributed by atoms with E-state index in [-0.39, 0.29) is 22.7 Å². The molecule has 0 aliphatic rings. The Morgan fingerprint density at radius 1 is 1.35 bits per heavy atom. The normalized spacial score (nSPS) is 9.95. The molecule has 0 unspecified atom stereocenters. The van der Waals surface area contributed by atoms with Crippen molar-refractivity contribution in [3.63, 3.8) is 0 Å². The van der Waals surface area contributed by atoms with E-state index in [1.54, 1.807) is 0 Å². The number of nitro groups is 1. The molecule has 0 atom stereocenters. The molecule has 0 fully saturated rings. The minimum Gasteiger partial charge on any atom is -0.493 e. The third-order valence-electron chi connectivity index (χ3n) is 2.61. The fourth-order valence-electron chi connectivity index (χ4n) is 1.60. The van der Waals surface area contributed by atoms with Crippen LogP contribution in [-0.2, 0) is 0 Å². The van der Waals surface area contributed by atoms with Gasteiger partial charge in [0.25, 0.3) is 11.6 Å². The Morgan fingerprint density at radius 2 is 1.95 bits per heavy atom. The van der Waals surface area contributed by atoms with Crippen molar-refractivity contribution in [1.82, 2.24) is 5.32 Å². The van der Waals surface area contributed by atoms with Gasteiger partial charge in [-0.05, 0) is 13.0 Å². The van der Waals surface area contributed by atoms with Gasteiger partial charge in [0.15, 0.2) is 11.5 Å². The lowest BCUT2D eigenvalue weighted by Gasteiger charge is -2.10. The molecule has 0 heterocycles. The predicted molar refractivity (Wildman–Crippen MR) is 72.2 cm³/mol. The highest BCUT2D eigenvalue weighted by molar-refractivity contribution is 5.99. The Bertz CT molecular complexity index is 504. The van der Waals surface area contributed by atoms with E-state index in [1.807, 2.05) is 0 Å². The van der Waals surface area contributed by atoms with Gasteiger partial charge in [-0.25, -0.2) is 0 Å². The number of nitrogens with zero attached hydrogens (tertiary/aromatic N) is 1. The zero-order valence-corrected chi connectivity index (χ0v) is 11.3. The van der Waals surface area contributed by atoms with E-state index in [9.17, 15) is 14.9 Å². The molecule has 1 aromatic rings. The van der Waals surface area contributed by atoms with Crippen molar-refractivity contribution in [1.29, 1.82) is 0 Å². The topological polar surface area (TPSA) is 117 Å². The zero-order chi connectivity index (χ0) is 15.1. The van der Waals surface area contributed by atoms with E-state index in [1.165, 1.54) is 20.3 Å². The third kappa shape index (κ3) is 3.58. The van der Waals surface area contributed by atoms with Crippen molar-refractivity contribution in [2.45, 2.75) is 6.42 Å². The van der Waals surface area contributed by atoms with Gasteiger partial charge in [-0.1, -0.05) is 0 Å². The van der Waals surface area contributed by atoms with Crippen molar-refractivity contribution in [2.24, 2.45) is 5.73 Å². The summed E-state index contributed by atoms with van der Waals surface area (Å²) in [7, 11) is 2.75. The monoisotopic (exact) mass is 283 g/mol. The Hall–Kier alpha value is -2.35. The summed E-state index contributed by atoms with van der Waals surface area (Å²) in [6.07, 6.45) is 0.590. The lowest BCUT2D eigenvalue weighted by atomic mass is 10.1. The number of rotatable bonds is 7. The van der Waals surface area contributed by atoms with Crippen LogP contribution in [0.2, 0.25) is 0 Å². The van der Waals surface area contributed by atoms with Crippen LogP contribution in [0.15, 0.2) is 12.1 Å². The molecule has 0 spiro atoms. The van der Waals surface area contributed by atoms with Crippen LogP contribution in [0.25, 0.3) is 0 Å². The number of nitrogens with one attached hydrogen (secondary N) is 1. The number of carbonyl (C=O) groups excluding carboxylic acids is 1. The Morgan fingerprint density at radius 3 is 2.45 bits per heavy atom. The predicted octanol–water partition coefficient (Wildman–Crippen LogP) is 0.691. The van der Waals surface area contributed by atoms with Crippen LogP contribution in [0, 0.1) is 10.1 Å². The molecule has 8 heteroatoms. The van der Waals surface area contributed by atoms with E-state index in [0.717, 1.165) is 6.07 Å². The number of nitro benzene ring substituents is 1. The molecule has 20 heavy (non-hydrogen) atoms. The van der Waals surface area contributed by atoms with Gasteiger partial charge in [0.05, 0.1) is 25.2 Å². The maximum atomic E-state index is 12.0. The maximum Gasteiger partial charge on any atom is 0.286 e. The van der Waals surface area contributed by atoms with Gasteiger partial charge in [-0.3, -0.25) is 14.9 Å². The van der Waals surface area contributed by atoms with Gasteiger partial charge in [0.1, 0.15) is 5.56 Å². The Balaban J connectivity index is 3.15. The Kier molecular flexibility index (Phi) is 5.73. The number of hydrogen-bond donors (Lipinski definition) is 2. The van der Waals surface area contributed by atoms with Crippen molar-refractivity contribution in [3.05, 3.63) is 27.8 Å². The van der Waals surface area contributed by atoms with Crippen molar-refractivity contribution < 1.29 is 19.2 Å².